The summed E-state index contributed by atoms with van der Waals surface area (Å²) in [4.78, 5) is 30.2. The largest absolute Gasteiger partial charge is 0.444 e. The molecule has 2 amide bonds. The molecule has 0 heterocycles. The molecule has 3 N–H and O–H groups in total. The molecular weight excluding hydrogens is 382 g/mol. The van der Waals surface area contributed by atoms with Gasteiger partial charge in [0, 0.05) is 45.3 Å². The molecule has 1 aromatic rings. The molecule has 0 bridgehead atoms. The molecule has 8 heteroatoms. The molecule has 0 atom stereocenters. The Bertz CT molecular complexity index is 753. The topological polar surface area (TPSA) is 95.1 Å². The average Bonchev–Trinajstić information content (AvgIpc) is 3.53. The maximum absolute atomic E-state index is 12.4. The summed E-state index contributed by atoms with van der Waals surface area (Å²) < 4.78 is 5.52. The molecule has 0 spiro atoms. The third-order valence-corrected chi connectivity index (χ3v) is 4.61. The Morgan fingerprint density at radius 2 is 1.90 bits per heavy atom. The summed E-state index contributed by atoms with van der Waals surface area (Å²) in [6.45, 7) is 7.46. The van der Waals surface area contributed by atoms with Crippen LogP contribution in [0.25, 0.3) is 0 Å². The van der Waals surface area contributed by atoms with Gasteiger partial charge in [-0.05, 0) is 57.7 Å². The van der Waals surface area contributed by atoms with Crippen molar-refractivity contribution in [3.63, 3.8) is 0 Å². The van der Waals surface area contributed by atoms with Crippen LogP contribution < -0.4 is 16.0 Å². The number of hydrogen-bond donors (Lipinski definition) is 3. The zero-order chi connectivity index (χ0) is 22.1. The van der Waals surface area contributed by atoms with Crippen LogP contribution in [0.1, 0.15) is 49.5 Å². The van der Waals surface area contributed by atoms with Gasteiger partial charge in [-0.2, -0.15) is 0 Å². The van der Waals surface area contributed by atoms with E-state index in [0.717, 1.165) is 24.8 Å². The molecule has 30 heavy (non-hydrogen) atoms. The maximum Gasteiger partial charge on any atom is 0.410 e. The normalized spacial score (nSPS) is 14.1. The van der Waals surface area contributed by atoms with Gasteiger partial charge in [-0.1, -0.05) is 12.1 Å². The third-order valence-electron chi connectivity index (χ3n) is 4.61. The first kappa shape index (κ1) is 23.5. The number of carbonyl (C=O) groups excluding carboxylic acids is 2. The first-order chi connectivity index (χ1) is 14.2. The number of benzene rings is 1. The van der Waals surface area contributed by atoms with E-state index in [1.54, 1.807) is 25.1 Å². The van der Waals surface area contributed by atoms with Gasteiger partial charge in [0.2, 0.25) is 0 Å². The van der Waals surface area contributed by atoms with E-state index in [9.17, 15) is 9.59 Å². The second kappa shape index (κ2) is 10.8. The molecule has 1 fully saturated rings. The van der Waals surface area contributed by atoms with Crippen molar-refractivity contribution in [2.45, 2.75) is 51.7 Å². The molecule has 1 aliphatic rings. The van der Waals surface area contributed by atoms with Gasteiger partial charge < -0.3 is 25.6 Å². The minimum absolute atomic E-state index is 0.0903. The first-order valence-corrected chi connectivity index (χ1v) is 10.5. The van der Waals surface area contributed by atoms with E-state index in [4.69, 9.17) is 4.74 Å². The minimum Gasteiger partial charge on any atom is -0.444 e. The van der Waals surface area contributed by atoms with Crippen LogP contribution in [0, 0.1) is 0 Å². The van der Waals surface area contributed by atoms with Crippen molar-refractivity contribution in [2.24, 2.45) is 4.99 Å². The number of carbonyl (C=O) groups is 2. The van der Waals surface area contributed by atoms with E-state index < -0.39 is 5.60 Å². The Balaban J connectivity index is 1.76. The van der Waals surface area contributed by atoms with Crippen molar-refractivity contribution in [3.05, 3.63) is 35.4 Å². The van der Waals surface area contributed by atoms with Crippen LogP contribution in [0.3, 0.4) is 0 Å². The van der Waals surface area contributed by atoms with Crippen molar-refractivity contribution in [1.29, 1.82) is 0 Å². The number of aliphatic imine (C=N–C) groups is 1. The van der Waals surface area contributed by atoms with Crippen LogP contribution in [0.4, 0.5) is 4.79 Å². The summed E-state index contributed by atoms with van der Waals surface area (Å²) >= 11 is 0. The van der Waals surface area contributed by atoms with Gasteiger partial charge in [-0.3, -0.25) is 9.79 Å². The Labute approximate surface area is 179 Å². The monoisotopic (exact) mass is 417 g/mol. The smallest absolute Gasteiger partial charge is 0.410 e. The SMILES string of the molecule is CN=C(NCCc1cccc(C(=O)NC)c1)NCCN(C(=O)OC(C)(C)C)C1CC1. The van der Waals surface area contributed by atoms with E-state index in [-0.39, 0.29) is 18.0 Å². The van der Waals surface area contributed by atoms with Crippen LogP contribution in [-0.4, -0.2) is 68.2 Å². The zero-order valence-corrected chi connectivity index (χ0v) is 18.7. The Morgan fingerprint density at radius 1 is 1.20 bits per heavy atom. The lowest BCUT2D eigenvalue weighted by molar-refractivity contribution is 0.0237. The van der Waals surface area contributed by atoms with Crippen molar-refractivity contribution < 1.29 is 14.3 Å². The molecule has 0 aliphatic heterocycles. The molecule has 0 saturated heterocycles. The fraction of sp³-hybridized carbons (Fsp3) is 0.591. The van der Waals surface area contributed by atoms with Gasteiger partial charge >= 0.3 is 6.09 Å². The van der Waals surface area contributed by atoms with Crippen molar-refractivity contribution in [3.8, 4) is 0 Å². The molecule has 1 aliphatic carbocycles. The van der Waals surface area contributed by atoms with Gasteiger partial charge in [-0.15, -0.1) is 0 Å². The second-order valence-corrected chi connectivity index (χ2v) is 8.36. The molecule has 0 aromatic heterocycles. The quantitative estimate of drug-likeness (QED) is 0.445. The van der Waals surface area contributed by atoms with Crippen LogP contribution in [-0.2, 0) is 11.2 Å². The highest BCUT2D eigenvalue weighted by atomic mass is 16.6. The van der Waals surface area contributed by atoms with E-state index in [1.807, 2.05) is 39.0 Å². The van der Waals surface area contributed by atoms with Crippen molar-refractivity contribution in [1.82, 2.24) is 20.9 Å². The molecular formula is C22H35N5O3. The highest BCUT2D eigenvalue weighted by Crippen LogP contribution is 2.28. The molecule has 1 aromatic carbocycles. The molecule has 0 radical (unpaired) electrons. The van der Waals surface area contributed by atoms with Gasteiger partial charge in [0.15, 0.2) is 5.96 Å². The number of hydrogen-bond acceptors (Lipinski definition) is 4. The van der Waals surface area contributed by atoms with Crippen molar-refractivity contribution in [2.75, 3.05) is 33.7 Å². The predicted molar refractivity (Wildman–Crippen MR) is 119 cm³/mol. The van der Waals surface area contributed by atoms with Gasteiger partial charge in [0.25, 0.3) is 5.91 Å². The number of nitrogens with one attached hydrogen (secondary N) is 3. The molecule has 8 nitrogen and oxygen atoms in total. The second-order valence-electron chi connectivity index (χ2n) is 8.36. The summed E-state index contributed by atoms with van der Waals surface area (Å²) in [6.07, 6.45) is 2.56. The zero-order valence-electron chi connectivity index (χ0n) is 18.7. The molecule has 1 saturated carbocycles. The number of ether oxygens (including phenoxy) is 1. The van der Waals surface area contributed by atoms with Crippen LogP contribution in [0.15, 0.2) is 29.3 Å². The number of amides is 2. The summed E-state index contributed by atoms with van der Waals surface area (Å²) in [5, 5.41) is 9.16. The van der Waals surface area contributed by atoms with Crippen molar-refractivity contribution >= 4 is 18.0 Å². The summed E-state index contributed by atoms with van der Waals surface area (Å²) in [7, 11) is 3.34. The van der Waals surface area contributed by atoms with Gasteiger partial charge in [0.1, 0.15) is 5.60 Å². The van der Waals surface area contributed by atoms with Gasteiger partial charge in [0.05, 0.1) is 0 Å². The van der Waals surface area contributed by atoms with E-state index in [0.29, 0.717) is 31.2 Å². The molecule has 166 valence electrons. The third kappa shape index (κ3) is 7.93. The van der Waals surface area contributed by atoms with E-state index in [1.165, 1.54) is 0 Å². The van der Waals surface area contributed by atoms with E-state index >= 15 is 0 Å². The van der Waals surface area contributed by atoms with Crippen LogP contribution in [0.2, 0.25) is 0 Å². The lowest BCUT2D eigenvalue weighted by Gasteiger charge is -2.27. The summed E-state index contributed by atoms with van der Waals surface area (Å²) in [6, 6.07) is 7.86. The highest BCUT2D eigenvalue weighted by molar-refractivity contribution is 5.94. The Morgan fingerprint density at radius 3 is 2.50 bits per heavy atom. The van der Waals surface area contributed by atoms with Crippen LogP contribution in [0.5, 0.6) is 0 Å². The average molecular weight is 418 g/mol. The molecule has 2 rings (SSSR count). The van der Waals surface area contributed by atoms with Crippen LogP contribution >= 0.6 is 0 Å². The Hall–Kier alpha value is -2.77. The molecule has 0 unspecified atom stereocenters. The van der Waals surface area contributed by atoms with E-state index in [2.05, 4.69) is 20.9 Å². The Kier molecular flexibility index (Phi) is 8.50. The number of nitrogens with zero attached hydrogens (tertiary/aromatic N) is 2. The summed E-state index contributed by atoms with van der Waals surface area (Å²) in [5.74, 6) is 0.588. The predicted octanol–water partition coefficient (Wildman–Crippen LogP) is 2.15. The lowest BCUT2D eigenvalue weighted by Crippen LogP contribution is -2.45. The number of guanidine groups is 1. The van der Waals surface area contributed by atoms with Gasteiger partial charge in [-0.25, -0.2) is 4.79 Å². The minimum atomic E-state index is -0.496. The number of rotatable bonds is 8. The fourth-order valence-electron chi connectivity index (χ4n) is 2.98. The summed E-state index contributed by atoms with van der Waals surface area (Å²) in [5.41, 5.74) is 1.23. The highest BCUT2D eigenvalue weighted by Gasteiger charge is 2.34. The fourth-order valence-corrected chi connectivity index (χ4v) is 2.98. The lowest BCUT2D eigenvalue weighted by atomic mass is 10.1. The maximum atomic E-state index is 12.4. The standard InChI is InChI=1S/C22H35N5O3/c1-22(2,3)30-21(29)27(18-9-10-18)14-13-26-20(24-5)25-12-11-16-7-6-8-17(15-16)19(28)23-4/h6-8,15,18H,9-14H2,1-5H3,(H,23,28)(H2,24,25,26). The first-order valence-electron chi connectivity index (χ1n) is 10.5.